The minimum atomic E-state index is 0.945. The molecule has 2 aromatic carbocycles. The molecule has 4 nitrogen and oxygen atoms in total. The lowest BCUT2D eigenvalue weighted by molar-refractivity contribution is 1.06. The van der Waals surface area contributed by atoms with E-state index in [1.54, 1.807) is 12.5 Å². The Morgan fingerprint density at radius 2 is 1.86 bits per heavy atom. The van der Waals surface area contributed by atoms with Gasteiger partial charge >= 0.3 is 0 Å². The Bertz CT molecular complexity index is 771. The molecular formula is C18H18N4. The molecule has 0 aliphatic heterocycles. The Labute approximate surface area is 130 Å². The third-order valence-electron chi connectivity index (χ3n) is 3.58. The molecule has 0 bridgehead atoms. The molecule has 0 atom stereocenters. The van der Waals surface area contributed by atoms with E-state index < -0.39 is 0 Å². The van der Waals surface area contributed by atoms with E-state index in [9.17, 15) is 0 Å². The molecule has 0 saturated carbocycles. The average molecular weight is 290 g/mol. The molecule has 0 saturated heterocycles. The average Bonchev–Trinajstić information content (AvgIpc) is 3.08. The normalized spacial score (nSPS) is 11.5. The zero-order valence-corrected chi connectivity index (χ0v) is 12.7. The summed E-state index contributed by atoms with van der Waals surface area (Å²) in [5.41, 5.74) is 8.44. The summed E-state index contributed by atoms with van der Waals surface area (Å²) in [7, 11) is 0. The zero-order chi connectivity index (χ0) is 15.4. The maximum absolute atomic E-state index is 4.47. The standard InChI is InChI=1S/C18H18N4/c1-14-5-3-4-6-18(14)21-20-15(2)16-7-9-17(10-8-16)22-12-11-19-13-22/h3-13,21H,1-2H3/b20-15+. The molecule has 1 N–H and O–H groups in total. The predicted octanol–water partition coefficient (Wildman–Crippen LogP) is 4.02. The van der Waals surface area contributed by atoms with Crippen LogP contribution in [0.1, 0.15) is 18.1 Å². The Kier molecular flexibility index (Phi) is 4.01. The van der Waals surface area contributed by atoms with Crippen molar-refractivity contribution in [3.63, 3.8) is 0 Å². The highest BCUT2D eigenvalue weighted by Crippen LogP contribution is 2.14. The molecule has 0 radical (unpaired) electrons. The van der Waals surface area contributed by atoms with Crippen LogP contribution in [-0.2, 0) is 0 Å². The fraction of sp³-hybridized carbons (Fsp3) is 0.111. The number of aromatic nitrogens is 2. The van der Waals surface area contributed by atoms with Gasteiger partial charge in [-0.15, -0.1) is 0 Å². The number of nitrogens with one attached hydrogen (secondary N) is 1. The van der Waals surface area contributed by atoms with Gasteiger partial charge in [-0.3, -0.25) is 5.43 Å². The molecule has 0 aliphatic carbocycles. The van der Waals surface area contributed by atoms with E-state index in [0.29, 0.717) is 0 Å². The number of hydrogen-bond acceptors (Lipinski definition) is 3. The quantitative estimate of drug-likeness (QED) is 0.582. The van der Waals surface area contributed by atoms with Crippen LogP contribution in [0.4, 0.5) is 5.69 Å². The Morgan fingerprint density at radius 3 is 2.55 bits per heavy atom. The third kappa shape index (κ3) is 3.06. The Hall–Kier alpha value is -2.88. The van der Waals surface area contributed by atoms with Crippen LogP contribution in [0.15, 0.2) is 72.4 Å². The minimum Gasteiger partial charge on any atom is -0.306 e. The summed E-state index contributed by atoms with van der Waals surface area (Å²) >= 11 is 0. The number of hydrogen-bond donors (Lipinski definition) is 1. The zero-order valence-electron chi connectivity index (χ0n) is 12.7. The van der Waals surface area contributed by atoms with E-state index in [-0.39, 0.29) is 0 Å². The minimum absolute atomic E-state index is 0.945. The number of para-hydroxylation sites is 1. The molecule has 1 aromatic heterocycles. The molecular weight excluding hydrogens is 272 g/mol. The van der Waals surface area contributed by atoms with E-state index in [1.165, 1.54) is 5.56 Å². The van der Waals surface area contributed by atoms with Gasteiger partial charge in [-0.05, 0) is 43.2 Å². The summed E-state index contributed by atoms with van der Waals surface area (Å²) in [5, 5.41) is 4.47. The molecule has 0 fully saturated rings. The van der Waals surface area contributed by atoms with Crippen molar-refractivity contribution in [2.45, 2.75) is 13.8 Å². The first-order valence-corrected chi connectivity index (χ1v) is 7.19. The van der Waals surface area contributed by atoms with Crippen molar-refractivity contribution >= 4 is 11.4 Å². The van der Waals surface area contributed by atoms with Gasteiger partial charge in [0.25, 0.3) is 0 Å². The van der Waals surface area contributed by atoms with Gasteiger partial charge in [-0.2, -0.15) is 5.10 Å². The molecule has 0 aliphatic rings. The third-order valence-corrected chi connectivity index (χ3v) is 3.58. The topological polar surface area (TPSA) is 42.2 Å². The van der Waals surface area contributed by atoms with E-state index in [1.807, 2.05) is 35.9 Å². The largest absolute Gasteiger partial charge is 0.306 e. The molecule has 0 amide bonds. The lowest BCUT2D eigenvalue weighted by atomic mass is 10.1. The van der Waals surface area contributed by atoms with Crippen molar-refractivity contribution in [2.24, 2.45) is 5.10 Å². The molecule has 0 unspecified atom stereocenters. The van der Waals surface area contributed by atoms with Crippen molar-refractivity contribution in [3.8, 4) is 5.69 Å². The van der Waals surface area contributed by atoms with Crippen molar-refractivity contribution in [2.75, 3.05) is 5.43 Å². The maximum Gasteiger partial charge on any atom is 0.0991 e. The second-order valence-corrected chi connectivity index (χ2v) is 5.14. The number of imidazole rings is 1. The first-order valence-electron chi connectivity index (χ1n) is 7.19. The highest BCUT2D eigenvalue weighted by atomic mass is 15.3. The number of nitrogens with zero attached hydrogens (tertiary/aromatic N) is 3. The van der Waals surface area contributed by atoms with Crippen LogP contribution in [0.3, 0.4) is 0 Å². The predicted molar refractivity (Wildman–Crippen MR) is 90.6 cm³/mol. The summed E-state index contributed by atoms with van der Waals surface area (Å²) < 4.78 is 1.97. The molecule has 3 rings (SSSR count). The Balaban J connectivity index is 1.76. The summed E-state index contributed by atoms with van der Waals surface area (Å²) in [6.45, 7) is 4.06. The molecule has 110 valence electrons. The summed E-state index contributed by atoms with van der Waals surface area (Å²) in [5.74, 6) is 0. The lowest BCUT2D eigenvalue weighted by Gasteiger charge is -2.07. The van der Waals surface area contributed by atoms with Crippen LogP contribution < -0.4 is 5.43 Å². The van der Waals surface area contributed by atoms with Gasteiger partial charge in [-0.25, -0.2) is 4.98 Å². The fourth-order valence-electron chi connectivity index (χ4n) is 2.19. The number of rotatable bonds is 4. The van der Waals surface area contributed by atoms with Gasteiger partial charge in [0.15, 0.2) is 0 Å². The second-order valence-electron chi connectivity index (χ2n) is 5.14. The monoisotopic (exact) mass is 290 g/mol. The van der Waals surface area contributed by atoms with Gasteiger partial charge in [0.05, 0.1) is 17.7 Å². The van der Waals surface area contributed by atoms with Crippen LogP contribution in [0.5, 0.6) is 0 Å². The van der Waals surface area contributed by atoms with Crippen LogP contribution in [0, 0.1) is 6.92 Å². The van der Waals surface area contributed by atoms with Crippen molar-refractivity contribution in [3.05, 3.63) is 78.4 Å². The van der Waals surface area contributed by atoms with E-state index in [4.69, 9.17) is 0 Å². The van der Waals surface area contributed by atoms with Gasteiger partial charge in [0.1, 0.15) is 0 Å². The highest BCUT2D eigenvalue weighted by molar-refractivity contribution is 5.99. The van der Waals surface area contributed by atoms with Gasteiger partial charge in [0, 0.05) is 18.1 Å². The number of benzene rings is 2. The van der Waals surface area contributed by atoms with Crippen LogP contribution in [0.25, 0.3) is 5.69 Å². The van der Waals surface area contributed by atoms with Crippen LogP contribution in [-0.4, -0.2) is 15.3 Å². The van der Waals surface area contributed by atoms with Gasteiger partial charge < -0.3 is 4.57 Å². The number of hydrazone groups is 1. The van der Waals surface area contributed by atoms with Gasteiger partial charge in [0.2, 0.25) is 0 Å². The fourth-order valence-corrected chi connectivity index (χ4v) is 2.19. The molecule has 1 heterocycles. The smallest absolute Gasteiger partial charge is 0.0991 e. The summed E-state index contributed by atoms with van der Waals surface area (Å²) in [6.07, 6.45) is 5.48. The summed E-state index contributed by atoms with van der Waals surface area (Å²) in [6, 6.07) is 16.3. The molecule has 3 aromatic rings. The van der Waals surface area contributed by atoms with Crippen molar-refractivity contribution in [1.82, 2.24) is 9.55 Å². The van der Waals surface area contributed by atoms with Crippen LogP contribution in [0.2, 0.25) is 0 Å². The van der Waals surface area contributed by atoms with Gasteiger partial charge in [-0.1, -0.05) is 30.3 Å². The highest BCUT2D eigenvalue weighted by Gasteiger charge is 2.00. The summed E-state index contributed by atoms with van der Waals surface area (Å²) in [4.78, 5) is 4.06. The SMILES string of the molecule is C/C(=N\Nc1ccccc1C)c1ccc(-n2ccnc2)cc1. The second kappa shape index (κ2) is 6.26. The van der Waals surface area contributed by atoms with Crippen LogP contribution >= 0.6 is 0 Å². The van der Waals surface area contributed by atoms with E-state index >= 15 is 0 Å². The number of anilines is 1. The molecule has 0 spiro atoms. The number of aryl methyl sites for hydroxylation is 1. The lowest BCUT2D eigenvalue weighted by Crippen LogP contribution is -2.01. The van der Waals surface area contributed by atoms with Crippen molar-refractivity contribution < 1.29 is 0 Å². The molecule has 22 heavy (non-hydrogen) atoms. The van der Waals surface area contributed by atoms with E-state index in [2.05, 4.69) is 52.8 Å². The molecule has 4 heteroatoms. The maximum atomic E-state index is 4.47. The first kappa shape index (κ1) is 14.1. The first-order chi connectivity index (χ1) is 10.7. The van der Waals surface area contributed by atoms with E-state index in [0.717, 1.165) is 22.6 Å². The Morgan fingerprint density at radius 1 is 1.09 bits per heavy atom. The van der Waals surface area contributed by atoms with Crippen molar-refractivity contribution in [1.29, 1.82) is 0 Å².